The number of aromatic nitrogens is 1. The molecular formula is C14H10Cl2N2OS. The van der Waals surface area contributed by atoms with Crippen molar-refractivity contribution in [2.45, 2.75) is 19.4 Å². The Kier molecular flexibility index (Phi) is 3.59. The van der Waals surface area contributed by atoms with Gasteiger partial charge in [-0.05, 0) is 25.0 Å². The summed E-state index contributed by atoms with van der Waals surface area (Å²) >= 11 is 13.6. The van der Waals surface area contributed by atoms with Crippen molar-refractivity contribution < 1.29 is 4.79 Å². The highest BCUT2D eigenvalue weighted by Gasteiger charge is 2.29. The Labute approximate surface area is 129 Å². The van der Waals surface area contributed by atoms with E-state index in [-0.39, 0.29) is 11.8 Å². The standard InChI is InChI=1S/C14H10Cl2N2OS/c1-2-5-18-12-10(16)6-9(15)7-11(12)20-14(18)17-13(19)8-3-4-8/h1,6-8H,3-5H2. The average Bonchev–Trinajstić information content (AvgIpc) is 3.16. The number of halogens is 2. The summed E-state index contributed by atoms with van der Waals surface area (Å²) < 4.78 is 2.67. The Morgan fingerprint density at radius 1 is 1.50 bits per heavy atom. The minimum Gasteiger partial charge on any atom is -0.303 e. The van der Waals surface area contributed by atoms with Crippen LogP contribution in [0, 0.1) is 18.3 Å². The van der Waals surface area contributed by atoms with Crippen LogP contribution < -0.4 is 4.80 Å². The third-order valence-corrected chi connectivity index (χ3v) is 4.61. The molecule has 0 unspecified atom stereocenters. The van der Waals surface area contributed by atoms with Gasteiger partial charge in [0.2, 0.25) is 0 Å². The molecule has 0 atom stereocenters. The lowest BCUT2D eigenvalue weighted by atomic mass is 10.3. The number of hydrogen-bond donors (Lipinski definition) is 0. The number of hydrogen-bond acceptors (Lipinski definition) is 2. The number of amides is 1. The molecule has 0 radical (unpaired) electrons. The Hall–Kier alpha value is -1.28. The van der Waals surface area contributed by atoms with Crippen LogP contribution in [-0.2, 0) is 11.3 Å². The number of thiazole rings is 1. The second-order valence-electron chi connectivity index (χ2n) is 4.63. The maximum Gasteiger partial charge on any atom is 0.251 e. The van der Waals surface area contributed by atoms with Gasteiger partial charge in [-0.15, -0.1) is 6.42 Å². The number of rotatable bonds is 2. The third-order valence-electron chi connectivity index (χ3n) is 3.08. The predicted molar refractivity (Wildman–Crippen MR) is 82.0 cm³/mol. The minimum absolute atomic E-state index is 0.0791. The van der Waals surface area contributed by atoms with E-state index >= 15 is 0 Å². The van der Waals surface area contributed by atoms with E-state index in [9.17, 15) is 4.79 Å². The monoisotopic (exact) mass is 324 g/mol. The summed E-state index contributed by atoms with van der Waals surface area (Å²) in [7, 11) is 0. The van der Waals surface area contributed by atoms with Crippen LogP contribution in [0.5, 0.6) is 0 Å². The molecule has 1 aliphatic carbocycles. The molecule has 3 rings (SSSR count). The Morgan fingerprint density at radius 3 is 2.90 bits per heavy atom. The molecule has 2 aromatic rings. The lowest BCUT2D eigenvalue weighted by molar-refractivity contribution is -0.119. The molecule has 0 aliphatic heterocycles. The highest BCUT2D eigenvalue weighted by molar-refractivity contribution is 7.16. The third kappa shape index (κ3) is 2.49. The van der Waals surface area contributed by atoms with E-state index in [0.717, 1.165) is 23.1 Å². The summed E-state index contributed by atoms with van der Waals surface area (Å²) in [5.41, 5.74) is 0.779. The van der Waals surface area contributed by atoms with Gasteiger partial charge in [0.05, 0.1) is 21.8 Å². The summed E-state index contributed by atoms with van der Waals surface area (Å²) in [6.07, 6.45) is 7.25. The van der Waals surface area contributed by atoms with Crippen LogP contribution in [0.1, 0.15) is 12.8 Å². The van der Waals surface area contributed by atoms with Crippen molar-refractivity contribution in [3.8, 4) is 12.3 Å². The fourth-order valence-electron chi connectivity index (χ4n) is 1.97. The molecule has 0 spiro atoms. The smallest absolute Gasteiger partial charge is 0.251 e. The topological polar surface area (TPSA) is 34.4 Å². The average molecular weight is 325 g/mol. The summed E-state index contributed by atoms with van der Waals surface area (Å²) in [6.45, 7) is 0.318. The SMILES string of the molecule is C#CCn1c(=NC(=O)C2CC2)sc2cc(Cl)cc(Cl)c21. The molecule has 6 heteroatoms. The molecule has 1 aromatic carbocycles. The Bertz CT molecular complexity index is 809. The summed E-state index contributed by atoms with van der Waals surface area (Å²) in [6, 6.07) is 3.47. The minimum atomic E-state index is -0.0791. The van der Waals surface area contributed by atoms with Gasteiger partial charge in [0, 0.05) is 10.9 Å². The van der Waals surface area contributed by atoms with Crippen LogP contribution in [0.2, 0.25) is 10.0 Å². The zero-order chi connectivity index (χ0) is 14.3. The van der Waals surface area contributed by atoms with Crippen molar-refractivity contribution >= 4 is 50.7 Å². The van der Waals surface area contributed by atoms with Gasteiger partial charge in [-0.3, -0.25) is 4.79 Å². The van der Waals surface area contributed by atoms with Gasteiger partial charge in [-0.2, -0.15) is 4.99 Å². The van der Waals surface area contributed by atoms with Crippen LogP contribution in [-0.4, -0.2) is 10.5 Å². The van der Waals surface area contributed by atoms with Crippen LogP contribution in [0.4, 0.5) is 0 Å². The predicted octanol–water partition coefficient (Wildman–Crippen LogP) is 3.48. The molecular weight excluding hydrogens is 315 g/mol. The maximum atomic E-state index is 11.9. The van der Waals surface area contributed by atoms with Crippen LogP contribution in [0.25, 0.3) is 10.2 Å². The van der Waals surface area contributed by atoms with Gasteiger partial charge in [-0.1, -0.05) is 40.5 Å². The molecule has 1 heterocycles. The van der Waals surface area contributed by atoms with Crippen molar-refractivity contribution in [3.05, 3.63) is 27.0 Å². The highest BCUT2D eigenvalue weighted by Crippen LogP contribution is 2.31. The molecule has 0 saturated heterocycles. The maximum absolute atomic E-state index is 11.9. The first-order valence-corrected chi connectivity index (χ1v) is 7.68. The number of carbonyl (C=O) groups excluding carboxylic acids is 1. The lowest BCUT2D eigenvalue weighted by Crippen LogP contribution is -2.17. The number of nitrogens with zero attached hydrogens (tertiary/aromatic N) is 2. The zero-order valence-electron chi connectivity index (χ0n) is 10.4. The molecule has 1 fully saturated rings. The fourth-order valence-corrected chi connectivity index (χ4v) is 3.79. The van der Waals surface area contributed by atoms with Gasteiger partial charge in [0.25, 0.3) is 5.91 Å². The second-order valence-corrected chi connectivity index (χ2v) is 6.49. The van der Waals surface area contributed by atoms with E-state index in [0.29, 0.717) is 21.4 Å². The van der Waals surface area contributed by atoms with E-state index in [4.69, 9.17) is 29.6 Å². The number of carbonyl (C=O) groups is 1. The van der Waals surface area contributed by atoms with E-state index in [2.05, 4.69) is 10.9 Å². The Morgan fingerprint density at radius 2 is 2.25 bits per heavy atom. The molecule has 1 aliphatic rings. The fraction of sp³-hybridized carbons (Fsp3) is 0.286. The second kappa shape index (κ2) is 5.25. The van der Waals surface area contributed by atoms with Crippen LogP contribution in [0.15, 0.2) is 17.1 Å². The molecule has 0 N–H and O–H groups in total. The molecule has 0 bridgehead atoms. The normalized spacial score (nSPS) is 15.6. The van der Waals surface area contributed by atoms with Gasteiger partial charge in [-0.25, -0.2) is 0 Å². The van der Waals surface area contributed by atoms with Gasteiger partial charge < -0.3 is 4.57 Å². The van der Waals surface area contributed by atoms with E-state index in [1.807, 2.05) is 0 Å². The molecule has 3 nitrogen and oxygen atoms in total. The molecule has 20 heavy (non-hydrogen) atoms. The quantitative estimate of drug-likeness (QED) is 0.779. The lowest BCUT2D eigenvalue weighted by Gasteiger charge is -2.02. The van der Waals surface area contributed by atoms with Crippen molar-refractivity contribution in [1.29, 1.82) is 0 Å². The van der Waals surface area contributed by atoms with Crippen molar-refractivity contribution in [3.63, 3.8) is 0 Å². The highest BCUT2D eigenvalue weighted by atomic mass is 35.5. The summed E-state index contributed by atoms with van der Waals surface area (Å²) in [5.74, 6) is 2.57. The van der Waals surface area contributed by atoms with Gasteiger partial charge in [0.1, 0.15) is 0 Å². The first kappa shape index (κ1) is 13.7. The number of fused-ring (bicyclic) bond motifs is 1. The largest absolute Gasteiger partial charge is 0.303 e. The van der Waals surface area contributed by atoms with E-state index < -0.39 is 0 Å². The van der Waals surface area contributed by atoms with E-state index in [1.165, 1.54) is 11.3 Å². The van der Waals surface area contributed by atoms with Crippen LogP contribution in [0.3, 0.4) is 0 Å². The number of terminal acetylenes is 1. The molecule has 102 valence electrons. The molecule has 1 aromatic heterocycles. The van der Waals surface area contributed by atoms with Gasteiger partial charge in [0.15, 0.2) is 4.80 Å². The van der Waals surface area contributed by atoms with Crippen molar-refractivity contribution in [2.24, 2.45) is 10.9 Å². The molecule has 1 saturated carbocycles. The summed E-state index contributed by atoms with van der Waals surface area (Å²) in [5, 5.41) is 1.07. The van der Waals surface area contributed by atoms with E-state index in [1.54, 1.807) is 16.7 Å². The van der Waals surface area contributed by atoms with Gasteiger partial charge >= 0.3 is 0 Å². The molecule has 1 amide bonds. The summed E-state index contributed by atoms with van der Waals surface area (Å²) in [4.78, 5) is 16.7. The first-order valence-electron chi connectivity index (χ1n) is 6.10. The van der Waals surface area contributed by atoms with Crippen LogP contribution >= 0.6 is 34.5 Å². The van der Waals surface area contributed by atoms with Crippen molar-refractivity contribution in [2.75, 3.05) is 0 Å². The number of benzene rings is 1. The Balaban J connectivity index is 2.25. The van der Waals surface area contributed by atoms with Crippen molar-refractivity contribution in [1.82, 2.24) is 4.57 Å². The first-order chi connectivity index (χ1) is 9.60. The zero-order valence-corrected chi connectivity index (χ0v) is 12.7.